The van der Waals surface area contributed by atoms with Crippen molar-refractivity contribution < 1.29 is 0 Å². The average Bonchev–Trinajstić information content (AvgIpc) is 1.65. The highest BCUT2D eigenvalue weighted by atomic mass is 15.4. The second-order valence-electron chi connectivity index (χ2n) is 1.31. The lowest BCUT2D eigenvalue weighted by Gasteiger charge is -2.09. The molecule has 40 valence electrons. The third-order valence-electron chi connectivity index (χ3n) is 0.689. The Morgan fingerprint density at radius 2 is 2.29 bits per heavy atom. The second kappa shape index (κ2) is 2.42. The van der Waals surface area contributed by atoms with E-state index < -0.39 is 0 Å². The van der Waals surface area contributed by atoms with Gasteiger partial charge in [-0.15, -0.1) is 0 Å². The van der Waals surface area contributed by atoms with Crippen molar-refractivity contribution in [1.82, 2.24) is 5.01 Å². The van der Waals surface area contributed by atoms with E-state index in [2.05, 4.69) is 13.2 Å². The van der Waals surface area contributed by atoms with E-state index in [1.54, 1.807) is 13.1 Å². The van der Waals surface area contributed by atoms with Crippen LogP contribution in [0.4, 0.5) is 0 Å². The van der Waals surface area contributed by atoms with Gasteiger partial charge in [0.2, 0.25) is 0 Å². The summed E-state index contributed by atoms with van der Waals surface area (Å²) in [6.07, 6.45) is 1.60. The summed E-state index contributed by atoms with van der Waals surface area (Å²) in [7, 11) is 1.71. The summed E-state index contributed by atoms with van der Waals surface area (Å²) in [5.41, 5.74) is 0.722. The van der Waals surface area contributed by atoms with Crippen LogP contribution >= 0.6 is 0 Å². The Labute approximate surface area is 43.9 Å². The van der Waals surface area contributed by atoms with Gasteiger partial charge in [0.25, 0.3) is 0 Å². The van der Waals surface area contributed by atoms with Crippen molar-refractivity contribution in [3.63, 3.8) is 0 Å². The molecule has 0 radical (unpaired) electrons. The van der Waals surface area contributed by atoms with Crippen LogP contribution in [0.5, 0.6) is 0 Å². The van der Waals surface area contributed by atoms with Crippen molar-refractivity contribution in [2.45, 2.75) is 0 Å². The molecule has 0 aliphatic carbocycles. The molecule has 0 rings (SSSR count). The van der Waals surface area contributed by atoms with Gasteiger partial charge >= 0.3 is 0 Å². The van der Waals surface area contributed by atoms with Crippen LogP contribution in [0.15, 0.2) is 24.9 Å². The molecule has 0 fully saturated rings. The highest BCUT2D eigenvalue weighted by Gasteiger charge is 1.83. The van der Waals surface area contributed by atoms with Gasteiger partial charge in [0.15, 0.2) is 0 Å². The summed E-state index contributed by atoms with van der Waals surface area (Å²) in [5.74, 6) is 5.21. The van der Waals surface area contributed by atoms with Crippen LogP contribution in [-0.4, -0.2) is 12.1 Å². The van der Waals surface area contributed by atoms with Gasteiger partial charge in [-0.2, -0.15) is 0 Å². The molecule has 0 aromatic carbocycles. The highest BCUT2D eigenvalue weighted by Crippen LogP contribution is 1.88. The molecule has 0 heterocycles. The Kier molecular flexibility index (Phi) is 2.16. The molecule has 0 bridgehead atoms. The topological polar surface area (TPSA) is 29.3 Å². The normalized spacial score (nSPS) is 7.71. The van der Waals surface area contributed by atoms with Crippen molar-refractivity contribution in [3.8, 4) is 0 Å². The summed E-state index contributed by atoms with van der Waals surface area (Å²) >= 11 is 0. The van der Waals surface area contributed by atoms with E-state index in [9.17, 15) is 0 Å². The Bertz CT molecular complexity index is 84.1. The predicted octanol–water partition coefficient (Wildman–Crippen LogP) is 0.492. The zero-order valence-electron chi connectivity index (χ0n) is 4.52. The first-order valence-electron chi connectivity index (χ1n) is 1.98. The van der Waals surface area contributed by atoms with E-state index in [1.165, 1.54) is 5.01 Å². The SMILES string of the molecule is C=CC(=C)N(C)N. The molecule has 0 aromatic rings. The van der Waals surface area contributed by atoms with E-state index >= 15 is 0 Å². The Morgan fingerprint density at radius 1 is 1.86 bits per heavy atom. The van der Waals surface area contributed by atoms with E-state index in [4.69, 9.17) is 5.84 Å². The van der Waals surface area contributed by atoms with E-state index in [1.807, 2.05) is 0 Å². The van der Waals surface area contributed by atoms with Crippen molar-refractivity contribution in [3.05, 3.63) is 24.9 Å². The summed E-state index contributed by atoms with van der Waals surface area (Å²) in [5, 5.41) is 1.41. The van der Waals surface area contributed by atoms with Gasteiger partial charge in [-0.25, -0.2) is 5.84 Å². The lowest BCUT2D eigenvalue weighted by atomic mass is 10.5. The number of allylic oxidation sites excluding steroid dienone is 1. The molecule has 7 heavy (non-hydrogen) atoms. The van der Waals surface area contributed by atoms with Crippen LogP contribution in [0.3, 0.4) is 0 Å². The first-order chi connectivity index (χ1) is 3.18. The zero-order chi connectivity index (χ0) is 5.86. The first-order valence-corrected chi connectivity index (χ1v) is 1.98. The number of hydrogen-bond donors (Lipinski definition) is 1. The molecule has 2 heteroatoms. The molecule has 0 unspecified atom stereocenters. The number of rotatable bonds is 2. The van der Waals surface area contributed by atoms with Crippen LogP contribution in [0.2, 0.25) is 0 Å². The fourth-order valence-corrected chi connectivity index (χ4v) is 0.144. The lowest BCUT2D eigenvalue weighted by Crippen LogP contribution is -2.23. The molecule has 0 atom stereocenters. The predicted molar refractivity (Wildman–Crippen MR) is 31.3 cm³/mol. The minimum absolute atomic E-state index is 0.722. The highest BCUT2D eigenvalue weighted by molar-refractivity contribution is 5.06. The molecule has 0 saturated carbocycles. The van der Waals surface area contributed by atoms with Crippen LogP contribution in [0, 0.1) is 0 Å². The summed E-state index contributed by atoms with van der Waals surface area (Å²) in [6, 6.07) is 0. The van der Waals surface area contributed by atoms with Gasteiger partial charge in [-0.3, -0.25) is 0 Å². The van der Waals surface area contributed by atoms with Gasteiger partial charge in [-0.1, -0.05) is 13.2 Å². The molecular weight excluding hydrogens is 88.1 g/mol. The monoisotopic (exact) mass is 98.1 g/mol. The quantitative estimate of drug-likeness (QED) is 0.309. The van der Waals surface area contributed by atoms with Crippen molar-refractivity contribution in [2.75, 3.05) is 7.05 Å². The van der Waals surface area contributed by atoms with Crippen LogP contribution in [0.25, 0.3) is 0 Å². The van der Waals surface area contributed by atoms with Crippen LogP contribution < -0.4 is 5.84 Å². The fraction of sp³-hybridized carbons (Fsp3) is 0.200. The maximum Gasteiger partial charge on any atom is 0.0436 e. The molecular formula is C5H10N2. The van der Waals surface area contributed by atoms with E-state index in [0.717, 1.165) is 5.70 Å². The minimum Gasteiger partial charge on any atom is -0.315 e. The Balaban J connectivity index is 3.56. The standard InChI is InChI=1S/C5H10N2/c1-4-5(2)7(3)6/h4H,1-2,6H2,3H3. The van der Waals surface area contributed by atoms with Gasteiger partial charge in [-0.05, 0) is 6.08 Å². The summed E-state index contributed by atoms with van der Waals surface area (Å²) in [4.78, 5) is 0. The van der Waals surface area contributed by atoms with Gasteiger partial charge in [0.1, 0.15) is 0 Å². The summed E-state index contributed by atoms with van der Waals surface area (Å²) in [6.45, 7) is 7.02. The molecule has 0 aliphatic rings. The maximum atomic E-state index is 5.21. The third-order valence-corrected chi connectivity index (χ3v) is 0.689. The van der Waals surface area contributed by atoms with E-state index in [0.29, 0.717) is 0 Å². The number of nitrogens with zero attached hydrogens (tertiary/aromatic N) is 1. The largest absolute Gasteiger partial charge is 0.315 e. The van der Waals surface area contributed by atoms with Gasteiger partial charge < -0.3 is 5.01 Å². The van der Waals surface area contributed by atoms with Crippen LogP contribution in [0.1, 0.15) is 0 Å². The second-order valence-corrected chi connectivity index (χ2v) is 1.31. The third kappa shape index (κ3) is 2.00. The Morgan fingerprint density at radius 3 is 2.29 bits per heavy atom. The van der Waals surface area contributed by atoms with Crippen molar-refractivity contribution in [2.24, 2.45) is 5.84 Å². The van der Waals surface area contributed by atoms with Crippen LogP contribution in [-0.2, 0) is 0 Å². The smallest absolute Gasteiger partial charge is 0.0436 e. The van der Waals surface area contributed by atoms with Crippen molar-refractivity contribution >= 4 is 0 Å². The molecule has 0 aromatic heterocycles. The molecule has 2 nitrogen and oxygen atoms in total. The van der Waals surface area contributed by atoms with Gasteiger partial charge in [0, 0.05) is 12.7 Å². The fourth-order valence-electron chi connectivity index (χ4n) is 0.144. The molecule has 0 saturated heterocycles. The minimum atomic E-state index is 0.722. The Hall–Kier alpha value is -0.760. The average molecular weight is 98.1 g/mol. The zero-order valence-corrected chi connectivity index (χ0v) is 4.52. The number of hydrogen-bond acceptors (Lipinski definition) is 2. The first kappa shape index (κ1) is 6.24. The number of likely N-dealkylation sites (N-methyl/N-ethyl adjacent to an activating group) is 1. The van der Waals surface area contributed by atoms with Gasteiger partial charge in [0.05, 0.1) is 0 Å². The summed E-state index contributed by atoms with van der Waals surface area (Å²) < 4.78 is 0. The lowest BCUT2D eigenvalue weighted by molar-refractivity contribution is 0.458. The molecule has 0 aliphatic heterocycles. The number of hydrazine groups is 1. The van der Waals surface area contributed by atoms with Crippen molar-refractivity contribution in [1.29, 1.82) is 0 Å². The van der Waals surface area contributed by atoms with E-state index in [-0.39, 0.29) is 0 Å². The maximum absolute atomic E-state index is 5.21. The molecule has 2 N–H and O–H groups in total. The molecule has 0 amide bonds. The molecule has 0 spiro atoms. The number of nitrogens with two attached hydrogens (primary N) is 1.